The summed E-state index contributed by atoms with van der Waals surface area (Å²) in [6.07, 6.45) is 7.92. The number of hydrogen-bond acceptors (Lipinski definition) is 1. The molecule has 0 amide bonds. The van der Waals surface area contributed by atoms with E-state index in [1.807, 2.05) is 6.33 Å². The molecule has 5 rings (SSSR count). The first-order valence-corrected chi connectivity index (χ1v) is 6.84. The first-order valence-electron chi connectivity index (χ1n) is 6.84. The Bertz CT molecular complexity index is 638. The summed E-state index contributed by atoms with van der Waals surface area (Å²) in [5.41, 5.74) is 5.53. The smallest absolute Gasteiger partial charge is 0.0923 e. The normalized spacial score (nSPS) is 37.4. The van der Waals surface area contributed by atoms with Gasteiger partial charge in [-0.15, -0.1) is 0 Å². The molecule has 90 valence electrons. The average molecular weight is 236 g/mol. The Kier molecular flexibility index (Phi) is 1.26. The molecule has 18 heavy (non-hydrogen) atoms. The lowest BCUT2D eigenvalue weighted by molar-refractivity contribution is 0.478. The maximum atomic E-state index is 4.62. The topological polar surface area (TPSA) is 28.7 Å². The van der Waals surface area contributed by atoms with Crippen LogP contribution in [0.4, 0.5) is 0 Å². The maximum absolute atomic E-state index is 4.62. The number of hydrogen-bond donors (Lipinski definition) is 1. The highest BCUT2D eigenvalue weighted by atomic mass is 15.0. The van der Waals surface area contributed by atoms with Gasteiger partial charge in [-0.1, -0.05) is 31.2 Å². The quantitative estimate of drug-likeness (QED) is 0.810. The van der Waals surface area contributed by atoms with Crippen LogP contribution in [-0.2, 0) is 16.2 Å². The number of H-pyrrole nitrogens is 1. The van der Waals surface area contributed by atoms with Gasteiger partial charge in [0, 0.05) is 22.4 Å². The van der Waals surface area contributed by atoms with Crippen molar-refractivity contribution in [3.05, 3.63) is 53.6 Å². The molecular weight excluding hydrogens is 220 g/mol. The molecule has 0 bridgehead atoms. The number of aromatic amines is 1. The van der Waals surface area contributed by atoms with Crippen LogP contribution in [0, 0.1) is 0 Å². The highest BCUT2D eigenvalue weighted by Crippen LogP contribution is 2.84. The molecule has 2 nitrogen and oxygen atoms in total. The third kappa shape index (κ3) is 0.690. The second-order valence-corrected chi connectivity index (χ2v) is 6.50. The summed E-state index contributed by atoms with van der Waals surface area (Å²) in [5.74, 6) is 0. The summed E-state index contributed by atoms with van der Waals surface area (Å²) in [6, 6.07) is 9.09. The van der Waals surface area contributed by atoms with Crippen molar-refractivity contribution in [1.29, 1.82) is 0 Å². The third-order valence-corrected chi connectivity index (χ3v) is 5.98. The molecule has 0 radical (unpaired) electrons. The lowest BCUT2D eigenvalue weighted by Crippen LogP contribution is -2.26. The van der Waals surface area contributed by atoms with Gasteiger partial charge in [0.05, 0.1) is 12.0 Å². The molecule has 2 aromatic rings. The minimum Gasteiger partial charge on any atom is -0.351 e. The van der Waals surface area contributed by atoms with Crippen LogP contribution in [-0.4, -0.2) is 9.97 Å². The fourth-order valence-corrected chi connectivity index (χ4v) is 5.05. The molecule has 1 spiro atoms. The Hall–Kier alpha value is -1.57. The van der Waals surface area contributed by atoms with Crippen LogP contribution < -0.4 is 0 Å². The first-order chi connectivity index (χ1) is 8.75. The summed E-state index contributed by atoms with van der Waals surface area (Å²) in [6.45, 7) is 2.44. The van der Waals surface area contributed by atoms with Crippen molar-refractivity contribution in [2.45, 2.75) is 42.4 Å². The predicted molar refractivity (Wildman–Crippen MR) is 69.6 cm³/mol. The molecule has 1 aromatic carbocycles. The highest BCUT2D eigenvalue weighted by Gasteiger charge is 2.84. The molecular formula is C16H16N2. The van der Waals surface area contributed by atoms with E-state index in [2.05, 4.69) is 47.4 Å². The van der Waals surface area contributed by atoms with Gasteiger partial charge in [-0.3, -0.25) is 0 Å². The molecule has 3 aliphatic rings. The summed E-state index contributed by atoms with van der Waals surface area (Å²) in [7, 11) is 0. The average Bonchev–Trinajstić information content (AvgIpc) is 3.22. The largest absolute Gasteiger partial charge is 0.351 e. The second-order valence-electron chi connectivity index (χ2n) is 6.50. The van der Waals surface area contributed by atoms with E-state index in [0.29, 0.717) is 16.2 Å². The molecule has 3 aliphatic carbocycles. The van der Waals surface area contributed by atoms with Crippen LogP contribution in [0.5, 0.6) is 0 Å². The molecule has 2 fully saturated rings. The molecule has 2 heteroatoms. The van der Waals surface area contributed by atoms with Crippen molar-refractivity contribution >= 4 is 0 Å². The zero-order chi connectivity index (χ0) is 12.0. The standard InChI is InChI=1S/C16H16N2/c1-14-9-16(14,13-8-17-10-18-13)15(6-7-15)12-5-3-2-4-11(12)14/h2-5,8,10H,6-7,9H2,1H3,(H,17,18). The van der Waals surface area contributed by atoms with Crippen LogP contribution in [0.15, 0.2) is 36.8 Å². The molecule has 0 aliphatic heterocycles. The zero-order valence-electron chi connectivity index (χ0n) is 10.5. The summed E-state index contributed by atoms with van der Waals surface area (Å²) in [4.78, 5) is 7.78. The fraction of sp³-hybridized carbons (Fsp3) is 0.438. The number of fused-ring (bicyclic) bond motifs is 5. The van der Waals surface area contributed by atoms with Gasteiger partial charge in [-0.2, -0.15) is 0 Å². The van der Waals surface area contributed by atoms with Crippen LogP contribution in [0.25, 0.3) is 0 Å². The molecule has 2 unspecified atom stereocenters. The van der Waals surface area contributed by atoms with Gasteiger partial charge in [0.15, 0.2) is 0 Å². The second kappa shape index (κ2) is 2.42. The van der Waals surface area contributed by atoms with Crippen molar-refractivity contribution in [3.63, 3.8) is 0 Å². The number of aromatic nitrogens is 2. The Balaban J connectivity index is 1.84. The van der Waals surface area contributed by atoms with E-state index in [4.69, 9.17) is 0 Å². The number of benzene rings is 1. The van der Waals surface area contributed by atoms with Crippen molar-refractivity contribution < 1.29 is 0 Å². The van der Waals surface area contributed by atoms with E-state index in [0.717, 1.165) is 0 Å². The van der Waals surface area contributed by atoms with Crippen molar-refractivity contribution in [2.75, 3.05) is 0 Å². The third-order valence-electron chi connectivity index (χ3n) is 5.98. The number of imidazole rings is 1. The molecule has 2 saturated carbocycles. The zero-order valence-corrected chi connectivity index (χ0v) is 10.5. The van der Waals surface area contributed by atoms with Crippen LogP contribution in [0.2, 0.25) is 0 Å². The molecule has 1 aromatic heterocycles. The van der Waals surface area contributed by atoms with Gasteiger partial charge in [0.25, 0.3) is 0 Å². The molecule has 0 saturated heterocycles. The first kappa shape index (κ1) is 9.37. The predicted octanol–water partition coefficient (Wildman–Crippen LogP) is 3.05. The SMILES string of the molecule is CC12CC1(c1c[nH]cn1)C1(CC1)c1ccccc12. The monoisotopic (exact) mass is 236 g/mol. The van der Waals surface area contributed by atoms with Crippen LogP contribution in [0.3, 0.4) is 0 Å². The van der Waals surface area contributed by atoms with Gasteiger partial charge >= 0.3 is 0 Å². The van der Waals surface area contributed by atoms with E-state index in [9.17, 15) is 0 Å². The molecule has 2 atom stereocenters. The van der Waals surface area contributed by atoms with Gasteiger partial charge in [-0.25, -0.2) is 4.98 Å². The lowest BCUT2D eigenvalue weighted by atomic mass is 9.80. The number of rotatable bonds is 1. The van der Waals surface area contributed by atoms with Gasteiger partial charge < -0.3 is 4.98 Å². The highest BCUT2D eigenvalue weighted by molar-refractivity contribution is 5.66. The van der Waals surface area contributed by atoms with Crippen molar-refractivity contribution in [2.24, 2.45) is 0 Å². The Labute approximate surface area is 106 Å². The summed E-state index contributed by atoms with van der Waals surface area (Å²) in [5, 5.41) is 0. The van der Waals surface area contributed by atoms with Crippen molar-refractivity contribution in [3.8, 4) is 0 Å². The Morgan fingerprint density at radius 1 is 1.17 bits per heavy atom. The summed E-state index contributed by atoms with van der Waals surface area (Å²) >= 11 is 0. The Morgan fingerprint density at radius 2 is 1.94 bits per heavy atom. The van der Waals surface area contributed by atoms with Gasteiger partial charge in [-0.05, 0) is 30.4 Å². The van der Waals surface area contributed by atoms with E-state index in [1.54, 1.807) is 11.1 Å². The summed E-state index contributed by atoms with van der Waals surface area (Å²) < 4.78 is 0. The van der Waals surface area contributed by atoms with E-state index in [-0.39, 0.29) is 0 Å². The minimum atomic E-state index is 0.295. The van der Waals surface area contributed by atoms with Crippen molar-refractivity contribution in [1.82, 2.24) is 9.97 Å². The number of nitrogens with one attached hydrogen (secondary N) is 1. The van der Waals surface area contributed by atoms with Gasteiger partial charge in [0.2, 0.25) is 0 Å². The van der Waals surface area contributed by atoms with Crippen LogP contribution >= 0.6 is 0 Å². The number of nitrogens with zero attached hydrogens (tertiary/aromatic N) is 1. The fourth-order valence-electron chi connectivity index (χ4n) is 5.05. The van der Waals surface area contributed by atoms with E-state index in [1.165, 1.54) is 25.0 Å². The minimum absolute atomic E-state index is 0.295. The van der Waals surface area contributed by atoms with Gasteiger partial charge in [0.1, 0.15) is 0 Å². The molecule has 1 heterocycles. The van der Waals surface area contributed by atoms with E-state index >= 15 is 0 Å². The Morgan fingerprint density at radius 3 is 2.61 bits per heavy atom. The van der Waals surface area contributed by atoms with Crippen LogP contribution in [0.1, 0.15) is 43.0 Å². The molecule has 1 N–H and O–H groups in total. The lowest BCUT2D eigenvalue weighted by Gasteiger charge is -2.22. The van der Waals surface area contributed by atoms with E-state index < -0.39 is 0 Å². The maximum Gasteiger partial charge on any atom is 0.0923 e.